The molecule has 5 nitrogen and oxygen atoms in total. The van der Waals surface area contributed by atoms with Gasteiger partial charge in [0.2, 0.25) is 0 Å². The van der Waals surface area contributed by atoms with Crippen LogP contribution in [0.25, 0.3) is 0 Å². The maximum absolute atomic E-state index is 12.2. The average molecular weight is 339 g/mol. The van der Waals surface area contributed by atoms with Gasteiger partial charge in [0.15, 0.2) is 0 Å². The van der Waals surface area contributed by atoms with Crippen LogP contribution in [0.15, 0.2) is 29.1 Å². The summed E-state index contributed by atoms with van der Waals surface area (Å²) in [6.07, 6.45) is 3.49. The van der Waals surface area contributed by atoms with E-state index in [-0.39, 0.29) is 24.2 Å². The molecule has 1 aliphatic rings. The van der Waals surface area contributed by atoms with Crippen molar-refractivity contribution >= 4 is 6.03 Å². The Balaban J connectivity index is 1.60. The third-order valence-electron chi connectivity index (χ3n) is 4.89. The SMILES string of the molecule is Cc1cc(C)c(CNC(=O)N[C@H](C)c2ccc3c(c2)CCC3)c(=O)[nH]1. The van der Waals surface area contributed by atoms with Crippen LogP contribution in [0.3, 0.4) is 0 Å². The van der Waals surface area contributed by atoms with Crippen LogP contribution < -0.4 is 16.2 Å². The Bertz CT molecular complexity index is 855. The molecule has 1 aliphatic carbocycles. The number of aromatic amines is 1. The highest BCUT2D eigenvalue weighted by molar-refractivity contribution is 5.74. The first-order valence-corrected chi connectivity index (χ1v) is 8.79. The van der Waals surface area contributed by atoms with Gasteiger partial charge in [-0.2, -0.15) is 0 Å². The van der Waals surface area contributed by atoms with E-state index in [1.807, 2.05) is 26.8 Å². The minimum absolute atomic E-state index is 0.0803. The fraction of sp³-hybridized carbons (Fsp3) is 0.400. The lowest BCUT2D eigenvalue weighted by molar-refractivity contribution is 0.237. The number of hydrogen-bond donors (Lipinski definition) is 3. The number of aryl methyl sites for hydroxylation is 4. The second-order valence-electron chi connectivity index (χ2n) is 6.87. The van der Waals surface area contributed by atoms with Crippen molar-refractivity contribution in [1.29, 1.82) is 0 Å². The Morgan fingerprint density at radius 2 is 1.96 bits per heavy atom. The molecule has 1 aromatic carbocycles. The number of nitrogens with one attached hydrogen (secondary N) is 3. The van der Waals surface area contributed by atoms with Gasteiger partial charge in [-0.25, -0.2) is 4.79 Å². The molecule has 0 bridgehead atoms. The number of hydrogen-bond acceptors (Lipinski definition) is 2. The fourth-order valence-electron chi connectivity index (χ4n) is 3.46. The zero-order chi connectivity index (χ0) is 18.0. The second kappa shape index (κ2) is 7.13. The molecular formula is C20H25N3O2. The molecule has 2 amide bonds. The molecule has 0 saturated carbocycles. The Hall–Kier alpha value is -2.56. The van der Waals surface area contributed by atoms with Crippen LogP contribution in [0, 0.1) is 13.8 Å². The lowest BCUT2D eigenvalue weighted by atomic mass is 10.0. The average Bonchev–Trinajstić information content (AvgIpc) is 3.01. The van der Waals surface area contributed by atoms with E-state index in [1.54, 1.807) is 0 Å². The summed E-state index contributed by atoms with van der Waals surface area (Å²) in [6.45, 7) is 5.91. The number of amides is 2. The van der Waals surface area contributed by atoms with Crippen molar-refractivity contribution in [2.24, 2.45) is 0 Å². The number of urea groups is 1. The van der Waals surface area contributed by atoms with Crippen molar-refractivity contribution in [2.45, 2.75) is 52.6 Å². The standard InChI is InChI=1S/C20H25N3O2/c1-12-9-13(2)22-19(24)18(12)11-21-20(25)23-14(3)16-8-7-15-5-4-6-17(15)10-16/h7-10,14H,4-6,11H2,1-3H3,(H,22,24)(H2,21,23,25)/t14-/m1/s1. The van der Waals surface area contributed by atoms with Gasteiger partial charge in [0.25, 0.3) is 5.56 Å². The number of rotatable bonds is 4. The Morgan fingerprint density at radius 1 is 1.20 bits per heavy atom. The summed E-state index contributed by atoms with van der Waals surface area (Å²) in [6, 6.07) is 8.01. The molecular weight excluding hydrogens is 314 g/mol. The third-order valence-corrected chi connectivity index (χ3v) is 4.89. The monoisotopic (exact) mass is 339 g/mol. The number of benzene rings is 1. The molecule has 5 heteroatoms. The van der Waals surface area contributed by atoms with Crippen LogP contribution in [-0.2, 0) is 19.4 Å². The van der Waals surface area contributed by atoms with E-state index in [1.165, 1.54) is 17.5 Å². The predicted molar refractivity (Wildman–Crippen MR) is 98.8 cm³/mol. The molecule has 2 aromatic rings. The fourth-order valence-corrected chi connectivity index (χ4v) is 3.46. The zero-order valence-electron chi connectivity index (χ0n) is 15.0. The van der Waals surface area contributed by atoms with Gasteiger partial charge in [-0.1, -0.05) is 18.2 Å². The van der Waals surface area contributed by atoms with Crippen molar-refractivity contribution in [2.75, 3.05) is 0 Å². The number of carbonyl (C=O) groups excluding carboxylic acids is 1. The first-order chi connectivity index (χ1) is 11.9. The first-order valence-electron chi connectivity index (χ1n) is 8.79. The summed E-state index contributed by atoms with van der Waals surface area (Å²) in [5.74, 6) is 0. The molecule has 1 atom stereocenters. The van der Waals surface area contributed by atoms with E-state index < -0.39 is 0 Å². The quantitative estimate of drug-likeness (QED) is 0.801. The van der Waals surface area contributed by atoms with Crippen LogP contribution in [0.5, 0.6) is 0 Å². The number of H-pyrrole nitrogens is 1. The van der Waals surface area contributed by atoms with Crippen molar-refractivity contribution in [3.8, 4) is 0 Å². The predicted octanol–water partition coefficient (Wildman–Crippen LogP) is 3.04. The molecule has 3 N–H and O–H groups in total. The number of carbonyl (C=O) groups is 1. The van der Waals surface area contributed by atoms with E-state index in [9.17, 15) is 9.59 Å². The van der Waals surface area contributed by atoms with Crippen LogP contribution in [0.1, 0.15) is 52.9 Å². The van der Waals surface area contributed by atoms with E-state index in [0.717, 1.165) is 29.7 Å². The van der Waals surface area contributed by atoms with Gasteiger partial charge in [0.1, 0.15) is 0 Å². The molecule has 0 radical (unpaired) electrons. The summed E-state index contributed by atoms with van der Waals surface area (Å²) in [4.78, 5) is 27.0. The summed E-state index contributed by atoms with van der Waals surface area (Å²) in [7, 11) is 0. The molecule has 0 spiro atoms. The van der Waals surface area contributed by atoms with Crippen LogP contribution in [0.2, 0.25) is 0 Å². The molecule has 132 valence electrons. The molecule has 3 rings (SSSR count). The molecule has 0 fully saturated rings. The second-order valence-corrected chi connectivity index (χ2v) is 6.87. The van der Waals surface area contributed by atoms with Gasteiger partial charge in [-0.05, 0) is 68.4 Å². The lowest BCUT2D eigenvalue weighted by Crippen LogP contribution is -2.38. The minimum atomic E-state index is -0.271. The van der Waals surface area contributed by atoms with Crippen LogP contribution >= 0.6 is 0 Å². The smallest absolute Gasteiger partial charge is 0.315 e. The Kier molecular flexibility index (Phi) is 4.93. The summed E-state index contributed by atoms with van der Waals surface area (Å²) < 4.78 is 0. The van der Waals surface area contributed by atoms with Gasteiger partial charge in [-0.3, -0.25) is 4.79 Å². The van der Waals surface area contributed by atoms with E-state index >= 15 is 0 Å². The normalized spacial score (nSPS) is 14.0. The van der Waals surface area contributed by atoms with Crippen LogP contribution in [0.4, 0.5) is 4.79 Å². The molecule has 0 unspecified atom stereocenters. The molecule has 0 aliphatic heterocycles. The molecule has 1 aromatic heterocycles. The van der Waals surface area contributed by atoms with Gasteiger partial charge < -0.3 is 15.6 Å². The van der Waals surface area contributed by atoms with Crippen molar-refractivity contribution in [3.63, 3.8) is 0 Å². The highest BCUT2D eigenvalue weighted by atomic mass is 16.2. The minimum Gasteiger partial charge on any atom is -0.334 e. The third kappa shape index (κ3) is 3.92. The Morgan fingerprint density at radius 3 is 2.72 bits per heavy atom. The first kappa shape index (κ1) is 17.3. The summed E-state index contributed by atoms with van der Waals surface area (Å²) in [5.41, 5.74) is 6.08. The summed E-state index contributed by atoms with van der Waals surface area (Å²) >= 11 is 0. The van der Waals surface area contributed by atoms with E-state index in [4.69, 9.17) is 0 Å². The lowest BCUT2D eigenvalue weighted by Gasteiger charge is -2.16. The highest BCUT2D eigenvalue weighted by Gasteiger charge is 2.15. The number of fused-ring (bicyclic) bond motifs is 1. The topological polar surface area (TPSA) is 74.0 Å². The Labute approximate surface area is 147 Å². The van der Waals surface area contributed by atoms with Gasteiger partial charge in [0, 0.05) is 11.3 Å². The van der Waals surface area contributed by atoms with Crippen molar-refractivity contribution < 1.29 is 4.79 Å². The summed E-state index contributed by atoms with van der Waals surface area (Å²) in [5, 5.41) is 5.73. The van der Waals surface area contributed by atoms with Gasteiger partial charge in [-0.15, -0.1) is 0 Å². The molecule has 0 saturated heterocycles. The molecule has 1 heterocycles. The van der Waals surface area contributed by atoms with Crippen molar-refractivity contribution in [1.82, 2.24) is 15.6 Å². The maximum atomic E-state index is 12.2. The largest absolute Gasteiger partial charge is 0.334 e. The van der Waals surface area contributed by atoms with Crippen molar-refractivity contribution in [3.05, 3.63) is 68.1 Å². The number of aromatic nitrogens is 1. The molecule has 25 heavy (non-hydrogen) atoms. The van der Waals surface area contributed by atoms with Gasteiger partial charge in [0.05, 0.1) is 12.6 Å². The maximum Gasteiger partial charge on any atom is 0.315 e. The van der Waals surface area contributed by atoms with Crippen LogP contribution in [-0.4, -0.2) is 11.0 Å². The highest BCUT2D eigenvalue weighted by Crippen LogP contribution is 2.25. The zero-order valence-corrected chi connectivity index (χ0v) is 15.0. The van der Waals surface area contributed by atoms with E-state index in [2.05, 4.69) is 33.8 Å². The van der Waals surface area contributed by atoms with Gasteiger partial charge >= 0.3 is 6.03 Å². The van der Waals surface area contributed by atoms with E-state index in [0.29, 0.717) is 5.56 Å². The number of pyridine rings is 1.